The first kappa shape index (κ1) is 20.7. The average molecular weight is 440 g/mol. The lowest BCUT2D eigenvalue weighted by Gasteiger charge is -2.11. The summed E-state index contributed by atoms with van der Waals surface area (Å²) in [6.07, 6.45) is 0. The van der Waals surface area contributed by atoms with E-state index in [1.54, 1.807) is 25.8 Å². The summed E-state index contributed by atoms with van der Waals surface area (Å²) in [5.41, 5.74) is 3.87. The van der Waals surface area contributed by atoms with Crippen molar-refractivity contribution in [2.45, 2.75) is 6.54 Å². The fourth-order valence-electron chi connectivity index (χ4n) is 4.23. The Morgan fingerprint density at radius 1 is 0.909 bits per heavy atom. The normalized spacial score (nSPS) is 11.1. The lowest BCUT2D eigenvalue weighted by molar-refractivity contribution is 0.355. The molecule has 0 saturated carbocycles. The van der Waals surface area contributed by atoms with E-state index < -0.39 is 0 Å². The molecule has 2 heterocycles. The summed E-state index contributed by atoms with van der Waals surface area (Å²) in [6.45, 7) is 0.555. The van der Waals surface area contributed by atoms with Gasteiger partial charge in [-0.05, 0) is 35.4 Å². The monoisotopic (exact) mass is 440 g/mol. The number of hydrogen-bond donors (Lipinski definition) is 1. The second-order valence-corrected chi connectivity index (χ2v) is 7.80. The van der Waals surface area contributed by atoms with Crippen molar-refractivity contribution >= 4 is 27.8 Å². The average Bonchev–Trinajstić information content (AvgIpc) is 3.26. The van der Waals surface area contributed by atoms with Crippen LogP contribution >= 0.6 is 0 Å². The van der Waals surface area contributed by atoms with Gasteiger partial charge in [-0.15, -0.1) is 0 Å². The molecule has 0 aliphatic rings. The molecule has 0 unspecified atom stereocenters. The summed E-state index contributed by atoms with van der Waals surface area (Å²) in [7, 11) is 4.97. The quantitative estimate of drug-likeness (QED) is 0.373. The van der Waals surface area contributed by atoms with E-state index in [0.717, 1.165) is 22.0 Å². The number of nitrogens with one attached hydrogen (secondary N) is 1. The summed E-state index contributed by atoms with van der Waals surface area (Å²) in [5.74, 6) is 1.73. The number of methoxy groups -OCH3 is 2. The van der Waals surface area contributed by atoms with Gasteiger partial charge in [0.05, 0.1) is 30.7 Å². The highest BCUT2D eigenvalue weighted by atomic mass is 16.5. The van der Waals surface area contributed by atoms with Gasteiger partial charge in [0, 0.05) is 19.0 Å². The molecule has 0 aliphatic carbocycles. The molecule has 6 nitrogen and oxygen atoms in total. The second kappa shape index (κ2) is 8.39. The van der Waals surface area contributed by atoms with Crippen LogP contribution in [0.1, 0.15) is 5.56 Å². The summed E-state index contributed by atoms with van der Waals surface area (Å²) >= 11 is 0. The summed E-state index contributed by atoms with van der Waals surface area (Å²) < 4.78 is 18.9. The standard InChI is InChI=1S/C27H24N2O4/c1-29-20-12-8-7-11-19(20)25-24(27(29)30)23(18-13-14-21(31-2)22(15-18)32-3)26(33-25)28-16-17-9-5-4-6-10-17/h4-15,28H,16H2,1-3H3. The van der Waals surface area contributed by atoms with Crippen LogP contribution in [0.2, 0.25) is 0 Å². The summed E-state index contributed by atoms with van der Waals surface area (Å²) in [5, 5.41) is 4.81. The number of aromatic nitrogens is 1. The molecule has 3 aromatic carbocycles. The van der Waals surface area contributed by atoms with Crippen LogP contribution < -0.4 is 20.3 Å². The Hall–Kier alpha value is -4.19. The molecule has 0 aliphatic heterocycles. The van der Waals surface area contributed by atoms with Crippen molar-refractivity contribution in [1.29, 1.82) is 0 Å². The smallest absolute Gasteiger partial charge is 0.262 e. The molecule has 0 bridgehead atoms. The number of benzene rings is 3. The topological polar surface area (TPSA) is 65.6 Å². The molecule has 5 rings (SSSR count). The molecule has 0 amide bonds. The van der Waals surface area contributed by atoms with E-state index in [1.165, 1.54) is 0 Å². The third kappa shape index (κ3) is 3.49. The van der Waals surface area contributed by atoms with E-state index in [-0.39, 0.29) is 5.56 Å². The number of para-hydroxylation sites is 1. The number of pyridine rings is 1. The molecule has 0 spiro atoms. The van der Waals surface area contributed by atoms with Gasteiger partial charge in [-0.1, -0.05) is 48.5 Å². The Morgan fingerprint density at radius 2 is 1.64 bits per heavy atom. The van der Waals surface area contributed by atoms with Crippen molar-refractivity contribution in [3.8, 4) is 22.6 Å². The number of hydrogen-bond acceptors (Lipinski definition) is 5. The molecule has 166 valence electrons. The first-order valence-corrected chi connectivity index (χ1v) is 10.7. The highest BCUT2D eigenvalue weighted by Gasteiger charge is 2.23. The summed E-state index contributed by atoms with van der Waals surface area (Å²) in [6, 6.07) is 23.4. The molecule has 6 heteroatoms. The molecule has 1 N–H and O–H groups in total. The van der Waals surface area contributed by atoms with Crippen LogP contribution in [0.4, 0.5) is 5.88 Å². The maximum Gasteiger partial charge on any atom is 0.262 e. The number of furan rings is 1. The van der Waals surface area contributed by atoms with Crippen molar-refractivity contribution in [2.75, 3.05) is 19.5 Å². The number of nitrogens with zero attached hydrogens (tertiary/aromatic N) is 1. The van der Waals surface area contributed by atoms with Gasteiger partial charge in [-0.25, -0.2) is 0 Å². The molecular formula is C27H24N2O4. The zero-order valence-corrected chi connectivity index (χ0v) is 18.7. The van der Waals surface area contributed by atoms with Crippen molar-refractivity contribution in [1.82, 2.24) is 4.57 Å². The minimum atomic E-state index is -0.120. The SMILES string of the molecule is COc1ccc(-c2c(NCc3ccccc3)oc3c2c(=O)n(C)c2ccccc32)cc1OC. The van der Waals surface area contributed by atoms with Gasteiger partial charge in [-0.2, -0.15) is 0 Å². The lowest BCUT2D eigenvalue weighted by atomic mass is 10.0. The first-order valence-electron chi connectivity index (χ1n) is 10.7. The Kier molecular flexibility index (Phi) is 5.26. The van der Waals surface area contributed by atoms with Gasteiger partial charge in [0.1, 0.15) is 0 Å². The van der Waals surface area contributed by atoms with Gasteiger partial charge in [0.15, 0.2) is 17.1 Å². The van der Waals surface area contributed by atoms with Gasteiger partial charge >= 0.3 is 0 Å². The molecule has 0 atom stereocenters. The van der Waals surface area contributed by atoms with Crippen LogP contribution in [0.3, 0.4) is 0 Å². The molecule has 33 heavy (non-hydrogen) atoms. The van der Waals surface area contributed by atoms with Gasteiger partial charge in [0.2, 0.25) is 5.88 Å². The predicted octanol–water partition coefficient (Wildman–Crippen LogP) is 5.58. The third-order valence-corrected chi connectivity index (χ3v) is 5.90. The van der Waals surface area contributed by atoms with Crippen molar-refractivity contribution in [3.63, 3.8) is 0 Å². The van der Waals surface area contributed by atoms with E-state index in [4.69, 9.17) is 13.9 Å². The van der Waals surface area contributed by atoms with E-state index in [2.05, 4.69) is 5.32 Å². The van der Waals surface area contributed by atoms with Crippen molar-refractivity contribution in [2.24, 2.45) is 7.05 Å². The van der Waals surface area contributed by atoms with Crippen LogP contribution in [-0.2, 0) is 13.6 Å². The Balaban J connectivity index is 1.78. The fourth-order valence-corrected chi connectivity index (χ4v) is 4.23. The highest BCUT2D eigenvalue weighted by Crippen LogP contribution is 2.42. The minimum Gasteiger partial charge on any atom is -0.493 e. The van der Waals surface area contributed by atoms with E-state index >= 15 is 0 Å². The zero-order chi connectivity index (χ0) is 22.9. The molecule has 2 aromatic heterocycles. The number of rotatable bonds is 6. The first-order chi connectivity index (χ1) is 16.1. The number of fused-ring (bicyclic) bond motifs is 3. The second-order valence-electron chi connectivity index (χ2n) is 7.80. The molecule has 0 fully saturated rings. The number of anilines is 1. The molecule has 0 radical (unpaired) electrons. The molecule has 0 saturated heterocycles. The Morgan fingerprint density at radius 3 is 2.39 bits per heavy atom. The fraction of sp³-hybridized carbons (Fsp3) is 0.148. The van der Waals surface area contributed by atoms with Gasteiger partial charge in [-0.3, -0.25) is 4.79 Å². The predicted molar refractivity (Wildman–Crippen MR) is 131 cm³/mol. The van der Waals surface area contributed by atoms with Gasteiger partial charge < -0.3 is 23.8 Å². The number of aryl methyl sites for hydroxylation is 1. The third-order valence-electron chi connectivity index (χ3n) is 5.90. The van der Waals surface area contributed by atoms with Gasteiger partial charge in [0.25, 0.3) is 5.56 Å². The van der Waals surface area contributed by atoms with E-state index in [0.29, 0.717) is 40.5 Å². The Bertz CT molecular complexity index is 1520. The van der Waals surface area contributed by atoms with Crippen LogP contribution in [-0.4, -0.2) is 18.8 Å². The van der Waals surface area contributed by atoms with Crippen molar-refractivity contribution in [3.05, 3.63) is 88.7 Å². The molecule has 5 aromatic rings. The molecular weight excluding hydrogens is 416 g/mol. The Labute approximate surface area is 191 Å². The minimum absolute atomic E-state index is 0.120. The highest BCUT2D eigenvalue weighted by molar-refractivity contribution is 6.10. The summed E-state index contributed by atoms with van der Waals surface area (Å²) in [4.78, 5) is 13.5. The van der Waals surface area contributed by atoms with Crippen LogP contribution in [0.15, 0.2) is 82.0 Å². The largest absolute Gasteiger partial charge is 0.493 e. The van der Waals surface area contributed by atoms with Crippen LogP contribution in [0, 0.1) is 0 Å². The van der Waals surface area contributed by atoms with Crippen LogP contribution in [0.5, 0.6) is 11.5 Å². The maximum absolute atomic E-state index is 13.5. The maximum atomic E-state index is 13.5. The zero-order valence-electron chi connectivity index (χ0n) is 18.7. The van der Waals surface area contributed by atoms with E-state index in [1.807, 2.05) is 72.8 Å². The number of ether oxygens (including phenoxy) is 2. The van der Waals surface area contributed by atoms with Crippen molar-refractivity contribution < 1.29 is 13.9 Å². The van der Waals surface area contributed by atoms with E-state index in [9.17, 15) is 4.79 Å². The lowest BCUT2D eigenvalue weighted by Crippen LogP contribution is -2.17. The van der Waals surface area contributed by atoms with Crippen LogP contribution in [0.25, 0.3) is 33.0 Å².